The van der Waals surface area contributed by atoms with Crippen LogP contribution >= 0.6 is 0 Å². The number of carbonyl (C=O) groups is 3. The first-order valence-electron chi connectivity index (χ1n) is 5.37. The Bertz CT molecular complexity index is 498. The molecule has 0 bridgehead atoms. The Morgan fingerprint density at radius 3 is 2.58 bits per heavy atom. The molecule has 19 heavy (non-hydrogen) atoms. The van der Waals surface area contributed by atoms with Gasteiger partial charge in [0.1, 0.15) is 12.1 Å². The zero-order chi connectivity index (χ0) is 14.6. The number of primary amides is 1. The summed E-state index contributed by atoms with van der Waals surface area (Å²) < 4.78 is 1.46. The lowest BCUT2D eigenvalue weighted by molar-refractivity contribution is -0.143. The van der Waals surface area contributed by atoms with Crippen molar-refractivity contribution in [1.29, 1.82) is 0 Å². The van der Waals surface area contributed by atoms with Gasteiger partial charge in [-0.25, -0.2) is 4.79 Å². The number of aryl methyl sites for hydroxylation is 1. The first-order chi connectivity index (χ1) is 8.81. The predicted molar refractivity (Wildman–Crippen MR) is 63.5 cm³/mol. The number of carboxylic acids is 1. The third-order valence-electron chi connectivity index (χ3n) is 2.39. The minimum Gasteiger partial charge on any atom is -0.480 e. The summed E-state index contributed by atoms with van der Waals surface area (Å²) in [7, 11) is 1.65. The molecule has 0 saturated heterocycles. The molecule has 1 aromatic heterocycles. The molecule has 0 saturated carbocycles. The van der Waals surface area contributed by atoms with E-state index in [1.807, 2.05) is 0 Å². The second kappa shape index (κ2) is 5.96. The molecule has 0 fully saturated rings. The molecule has 0 aliphatic heterocycles. The second-order valence-corrected chi connectivity index (χ2v) is 3.99. The van der Waals surface area contributed by atoms with Gasteiger partial charge >= 0.3 is 5.97 Å². The predicted octanol–water partition coefficient (Wildman–Crippen LogP) is -2.14. The summed E-state index contributed by atoms with van der Waals surface area (Å²) in [6.07, 6.45) is 2.43. The summed E-state index contributed by atoms with van der Waals surface area (Å²) in [5.74, 6) is -2.91. The largest absolute Gasteiger partial charge is 0.480 e. The van der Waals surface area contributed by atoms with Gasteiger partial charge in [0.25, 0.3) is 0 Å². The quantitative estimate of drug-likeness (QED) is 0.462. The van der Waals surface area contributed by atoms with Crippen LogP contribution in [0.25, 0.3) is 0 Å². The molecule has 2 atom stereocenters. The van der Waals surface area contributed by atoms with Gasteiger partial charge in [-0.1, -0.05) is 0 Å². The monoisotopic (exact) mass is 269 g/mol. The van der Waals surface area contributed by atoms with E-state index >= 15 is 0 Å². The SMILES string of the molecule is Cn1cc(C(N)C(=O)NC(CC(N)=O)C(=O)O)cn1. The van der Waals surface area contributed by atoms with Crippen LogP contribution in [-0.4, -0.2) is 38.7 Å². The Morgan fingerprint density at radius 1 is 1.53 bits per heavy atom. The Morgan fingerprint density at radius 2 is 2.16 bits per heavy atom. The van der Waals surface area contributed by atoms with Crippen LogP contribution in [0.1, 0.15) is 18.0 Å². The highest BCUT2D eigenvalue weighted by atomic mass is 16.4. The van der Waals surface area contributed by atoms with E-state index in [1.54, 1.807) is 7.05 Å². The molecule has 0 aliphatic carbocycles. The highest BCUT2D eigenvalue weighted by Gasteiger charge is 2.26. The standard InChI is InChI=1S/C10H15N5O4/c1-15-4-5(3-13-15)8(12)9(17)14-6(10(18)19)2-7(11)16/h3-4,6,8H,2,12H2,1H3,(H2,11,16)(H,14,17)(H,18,19). The number of hydrogen-bond acceptors (Lipinski definition) is 5. The van der Waals surface area contributed by atoms with Crippen molar-refractivity contribution in [2.75, 3.05) is 0 Å². The lowest BCUT2D eigenvalue weighted by Gasteiger charge is -2.15. The fraction of sp³-hybridized carbons (Fsp3) is 0.400. The van der Waals surface area contributed by atoms with Crippen LogP contribution in [0.4, 0.5) is 0 Å². The van der Waals surface area contributed by atoms with Crippen LogP contribution in [0.5, 0.6) is 0 Å². The summed E-state index contributed by atoms with van der Waals surface area (Å²) in [4.78, 5) is 33.3. The average molecular weight is 269 g/mol. The zero-order valence-electron chi connectivity index (χ0n) is 10.2. The summed E-state index contributed by atoms with van der Waals surface area (Å²) >= 11 is 0. The molecule has 2 unspecified atom stereocenters. The van der Waals surface area contributed by atoms with E-state index in [-0.39, 0.29) is 0 Å². The molecular weight excluding hydrogens is 254 g/mol. The zero-order valence-corrected chi connectivity index (χ0v) is 10.2. The minimum atomic E-state index is -1.40. The molecule has 6 N–H and O–H groups in total. The number of aliphatic carboxylic acids is 1. The van der Waals surface area contributed by atoms with E-state index in [4.69, 9.17) is 16.6 Å². The van der Waals surface area contributed by atoms with Crippen molar-refractivity contribution in [3.8, 4) is 0 Å². The molecule has 1 rings (SSSR count). The maximum absolute atomic E-state index is 11.8. The number of aromatic nitrogens is 2. The van der Waals surface area contributed by atoms with E-state index in [0.29, 0.717) is 5.56 Å². The molecular formula is C10H15N5O4. The van der Waals surface area contributed by atoms with Gasteiger partial charge in [-0.2, -0.15) is 5.10 Å². The Kier molecular flexibility index (Phi) is 4.59. The number of amides is 2. The van der Waals surface area contributed by atoms with Crippen LogP contribution in [0.3, 0.4) is 0 Å². The van der Waals surface area contributed by atoms with Crippen molar-refractivity contribution >= 4 is 17.8 Å². The van der Waals surface area contributed by atoms with E-state index in [9.17, 15) is 14.4 Å². The second-order valence-electron chi connectivity index (χ2n) is 3.99. The van der Waals surface area contributed by atoms with Gasteiger partial charge in [0, 0.05) is 18.8 Å². The van der Waals surface area contributed by atoms with Crippen LogP contribution in [0.15, 0.2) is 12.4 Å². The summed E-state index contributed by atoms with van der Waals surface area (Å²) in [5, 5.41) is 14.9. The molecule has 9 nitrogen and oxygen atoms in total. The summed E-state index contributed by atoms with van der Waals surface area (Å²) in [6.45, 7) is 0. The van der Waals surface area contributed by atoms with Gasteiger partial charge in [-0.15, -0.1) is 0 Å². The van der Waals surface area contributed by atoms with Crippen molar-refractivity contribution in [2.24, 2.45) is 18.5 Å². The molecule has 104 valence electrons. The van der Waals surface area contributed by atoms with Crippen molar-refractivity contribution < 1.29 is 19.5 Å². The fourth-order valence-corrected chi connectivity index (χ4v) is 1.41. The van der Waals surface area contributed by atoms with Gasteiger partial charge in [-0.3, -0.25) is 14.3 Å². The molecule has 1 heterocycles. The van der Waals surface area contributed by atoms with Gasteiger partial charge < -0.3 is 21.9 Å². The van der Waals surface area contributed by atoms with E-state index < -0.39 is 36.3 Å². The highest BCUT2D eigenvalue weighted by molar-refractivity contribution is 5.90. The number of hydrogen-bond donors (Lipinski definition) is 4. The normalized spacial score (nSPS) is 13.6. The summed E-state index contributed by atoms with van der Waals surface area (Å²) in [6, 6.07) is -2.46. The third kappa shape index (κ3) is 4.07. The van der Waals surface area contributed by atoms with Gasteiger partial charge in [0.2, 0.25) is 11.8 Å². The number of carbonyl (C=O) groups excluding carboxylic acids is 2. The molecule has 0 radical (unpaired) electrons. The van der Waals surface area contributed by atoms with Crippen LogP contribution in [-0.2, 0) is 21.4 Å². The molecule has 9 heteroatoms. The molecule has 0 spiro atoms. The van der Waals surface area contributed by atoms with Crippen LogP contribution in [0, 0.1) is 0 Å². The van der Waals surface area contributed by atoms with Gasteiger partial charge in [0.05, 0.1) is 12.6 Å². The lowest BCUT2D eigenvalue weighted by atomic mass is 10.1. The van der Waals surface area contributed by atoms with Crippen LogP contribution < -0.4 is 16.8 Å². The Labute approximate surface area is 108 Å². The number of nitrogens with zero attached hydrogens (tertiary/aromatic N) is 2. The summed E-state index contributed by atoms with van der Waals surface area (Å²) in [5.41, 5.74) is 11.0. The first kappa shape index (κ1) is 14.6. The van der Waals surface area contributed by atoms with Crippen LogP contribution in [0.2, 0.25) is 0 Å². The number of carboxylic acid groups (broad SMARTS) is 1. The molecule has 0 aromatic carbocycles. The molecule has 2 amide bonds. The first-order valence-corrected chi connectivity index (χ1v) is 5.37. The van der Waals surface area contributed by atoms with E-state index in [1.165, 1.54) is 17.1 Å². The molecule has 0 aliphatic rings. The Balaban J connectivity index is 2.71. The number of nitrogens with two attached hydrogens (primary N) is 2. The maximum atomic E-state index is 11.8. The van der Waals surface area contributed by atoms with E-state index in [0.717, 1.165) is 0 Å². The topological polar surface area (TPSA) is 153 Å². The van der Waals surface area contributed by atoms with E-state index in [2.05, 4.69) is 10.4 Å². The minimum absolute atomic E-state index is 0.434. The maximum Gasteiger partial charge on any atom is 0.326 e. The Hall–Kier alpha value is -2.42. The van der Waals surface area contributed by atoms with Crippen molar-refractivity contribution in [2.45, 2.75) is 18.5 Å². The lowest BCUT2D eigenvalue weighted by Crippen LogP contribution is -2.46. The number of nitrogens with one attached hydrogen (secondary N) is 1. The third-order valence-corrected chi connectivity index (χ3v) is 2.39. The smallest absolute Gasteiger partial charge is 0.326 e. The fourth-order valence-electron chi connectivity index (χ4n) is 1.41. The average Bonchev–Trinajstić information content (AvgIpc) is 2.73. The molecule has 1 aromatic rings. The van der Waals surface area contributed by atoms with Gasteiger partial charge in [0.15, 0.2) is 0 Å². The van der Waals surface area contributed by atoms with Crippen molar-refractivity contribution in [3.63, 3.8) is 0 Å². The van der Waals surface area contributed by atoms with Gasteiger partial charge in [-0.05, 0) is 0 Å². The van der Waals surface area contributed by atoms with Crippen molar-refractivity contribution in [1.82, 2.24) is 15.1 Å². The van der Waals surface area contributed by atoms with Crippen molar-refractivity contribution in [3.05, 3.63) is 18.0 Å². The number of rotatable bonds is 6. The highest BCUT2D eigenvalue weighted by Crippen LogP contribution is 2.09.